The maximum Gasteiger partial charge on any atom is 0.226 e. The molecular weight excluding hydrogens is 450 g/mol. The van der Waals surface area contributed by atoms with E-state index in [0.29, 0.717) is 42.3 Å². The Labute approximate surface area is 196 Å². The molecule has 4 rings (SSSR count). The van der Waals surface area contributed by atoms with Gasteiger partial charge in [0.05, 0.1) is 30.5 Å². The zero-order valence-corrected chi connectivity index (χ0v) is 19.2. The fourth-order valence-corrected chi connectivity index (χ4v) is 4.29. The van der Waals surface area contributed by atoms with Gasteiger partial charge in [0.25, 0.3) is 0 Å². The van der Waals surface area contributed by atoms with E-state index in [2.05, 4.69) is 25.6 Å². The van der Waals surface area contributed by atoms with Crippen LogP contribution >= 0.6 is 11.6 Å². The van der Waals surface area contributed by atoms with Crippen molar-refractivity contribution in [2.75, 3.05) is 37.5 Å². The Morgan fingerprint density at radius 3 is 2.76 bits per heavy atom. The van der Waals surface area contributed by atoms with E-state index in [0.717, 1.165) is 17.5 Å². The third-order valence-corrected chi connectivity index (χ3v) is 6.16. The molecule has 1 aliphatic rings. The molecule has 1 fully saturated rings. The zero-order chi connectivity index (χ0) is 23.5. The SMILES string of the molecule is CCc1cc2cc(-c3c(Cl)nc(NCCOC)nc3N[C@@H]3C[C@H](CO)[C@@H](O)[C@H]3O)oc2cn1. The van der Waals surface area contributed by atoms with Gasteiger partial charge < -0.3 is 35.1 Å². The second kappa shape index (κ2) is 10.2. The minimum atomic E-state index is -1.08. The van der Waals surface area contributed by atoms with Crippen molar-refractivity contribution in [2.45, 2.75) is 38.0 Å². The Morgan fingerprint density at radius 2 is 2.06 bits per heavy atom. The Balaban J connectivity index is 1.74. The van der Waals surface area contributed by atoms with Crippen molar-refractivity contribution in [2.24, 2.45) is 5.92 Å². The van der Waals surface area contributed by atoms with Gasteiger partial charge in [-0.2, -0.15) is 4.98 Å². The smallest absolute Gasteiger partial charge is 0.226 e. The lowest BCUT2D eigenvalue weighted by atomic mass is 10.1. The minimum absolute atomic E-state index is 0.155. The van der Waals surface area contributed by atoms with Gasteiger partial charge in [-0.25, -0.2) is 4.98 Å². The molecule has 33 heavy (non-hydrogen) atoms. The Bertz CT molecular complexity index is 1110. The molecule has 0 aromatic carbocycles. The molecule has 1 saturated carbocycles. The summed E-state index contributed by atoms with van der Waals surface area (Å²) in [6.45, 7) is 2.72. The number of halogens is 1. The Kier molecular flexibility index (Phi) is 7.30. The van der Waals surface area contributed by atoms with Gasteiger partial charge >= 0.3 is 0 Å². The maximum atomic E-state index is 10.5. The molecule has 0 spiro atoms. The summed E-state index contributed by atoms with van der Waals surface area (Å²) < 4.78 is 11.1. The number of rotatable bonds is 9. The number of pyridine rings is 1. The highest BCUT2D eigenvalue weighted by Crippen LogP contribution is 2.39. The number of nitrogens with zero attached hydrogens (tertiary/aromatic N) is 3. The lowest BCUT2D eigenvalue weighted by molar-refractivity contribution is 0.00446. The summed E-state index contributed by atoms with van der Waals surface area (Å²) in [5.74, 6) is 0.624. The first kappa shape index (κ1) is 23.7. The normalized spacial score (nSPS) is 22.7. The van der Waals surface area contributed by atoms with E-state index in [1.807, 2.05) is 19.1 Å². The zero-order valence-electron chi connectivity index (χ0n) is 18.5. The van der Waals surface area contributed by atoms with Crippen LogP contribution < -0.4 is 10.6 Å². The van der Waals surface area contributed by atoms with E-state index in [1.165, 1.54) is 0 Å². The minimum Gasteiger partial charge on any atom is -0.454 e. The van der Waals surface area contributed by atoms with Gasteiger partial charge in [-0.1, -0.05) is 18.5 Å². The topological polar surface area (TPSA) is 146 Å². The monoisotopic (exact) mass is 477 g/mol. The maximum absolute atomic E-state index is 10.5. The molecule has 0 amide bonds. The van der Waals surface area contributed by atoms with Crippen molar-refractivity contribution >= 4 is 34.3 Å². The van der Waals surface area contributed by atoms with Crippen molar-refractivity contribution < 1.29 is 24.5 Å². The molecule has 11 heteroatoms. The molecule has 5 N–H and O–H groups in total. The first-order valence-electron chi connectivity index (χ1n) is 10.9. The van der Waals surface area contributed by atoms with Crippen LogP contribution in [0.1, 0.15) is 19.0 Å². The summed E-state index contributed by atoms with van der Waals surface area (Å²) in [7, 11) is 1.59. The number of fused-ring (bicyclic) bond motifs is 1. The second-order valence-corrected chi connectivity index (χ2v) is 8.43. The van der Waals surface area contributed by atoms with Crippen LogP contribution in [-0.2, 0) is 11.2 Å². The van der Waals surface area contributed by atoms with Crippen LogP contribution in [0.15, 0.2) is 22.7 Å². The summed E-state index contributed by atoms with van der Waals surface area (Å²) in [6.07, 6.45) is 0.695. The largest absolute Gasteiger partial charge is 0.454 e. The third-order valence-electron chi connectivity index (χ3n) is 5.88. The molecule has 3 aromatic heterocycles. The van der Waals surface area contributed by atoms with Gasteiger partial charge in [0.15, 0.2) is 5.58 Å². The summed E-state index contributed by atoms with van der Waals surface area (Å²) in [6, 6.07) is 3.25. The lowest BCUT2D eigenvalue weighted by Crippen LogP contribution is -2.35. The molecule has 0 unspecified atom stereocenters. The van der Waals surface area contributed by atoms with E-state index >= 15 is 0 Å². The van der Waals surface area contributed by atoms with Crippen molar-refractivity contribution in [3.8, 4) is 11.3 Å². The predicted molar refractivity (Wildman–Crippen MR) is 124 cm³/mol. The number of ether oxygens (including phenoxy) is 1. The van der Waals surface area contributed by atoms with E-state index in [1.54, 1.807) is 13.3 Å². The van der Waals surface area contributed by atoms with Crippen molar-refractivity contribution in [1.82, 2.24) is 15.0 Å². The molecule has 0 aliphatic heterocycles. The molecule has 4 atom stereocenters. The average Bonchev–Trinajstić information content (AvgIpc) is 3.34. The number of anilines is 2. The molecule has 0 radical (unpaired) electrons. The molecule has 10 nitrogen and oxygen atoms in total. The first-order valence-corrected chi connectivity index (χ1v) is 11.3. The van der Waals surface area contributed by atoms with Gasteiger partial charge in [-0.3, -0.25) is 4.98 Å². The summed E-state index contributed by atoms with van der Waals surface area (Å²) in [5.41, 5.74) is 1.96. The summed E-state index contributed by atoms with van der Waals surface area (Å²) >= 11 is 6.58. The number of furan rings is 1. The Morgan fingerprint density at radius 1 is 1.24 bits per heavy atom. The highest BCUT2D eigenvalue weighted by atomic mass is 35.5. The van der Waals surface area contributed by atoms with E-state index in [-0.39, 0.29) is 17.7 Å². The molecule has 0 saturated heterocycles. The van der Waals surface area contributed by atoms with Crippen LogP contribution in [0, 0.1) is 5.92 Å². The van der Waals surface area contributed by atoms with Crippen molar-refractivity contribution in [3.05, 3.63) is 29.2 Å². The van der Waals surface area contributed by atoms with Crippen molar-refractivity contribution in [1.29, 1.82) is 0 Å². The highest BCUT2D eigenvalue weighted by molar-refractivity contribution is 6.32. The average molecular weight is 478 g/mol. The number of aryl methyl sites for hydroxylation is 1. The Hall–Kier alpha value is -2.50. The fourth-order valence-electron chi connectivity index (χ4n) is 4.03. The van der Waals surface area contributed by atoms with Gasteiger partial charge in [0.2, 0.25) is 5.95 Å². The summed E-state index contributed by atoms with van der Waals surface area (Å²) in [4.78, 5) is 13.3. The standard InChI is InChI=1S/C22H28ClN5O5/c1-3-13-6-11-8-15(33-16(11)9-25-13)17-20(23)27-22(24-4-5-32-2)28-21(17)26-14-7-12(10-29)18(30)19(14)31/h6,8-9,12,14,18-19,29-31H,3-5,7,10H2,1-2H3,(H2,24,26,27,28)/t12-,14-,18-,19+/m1/s1. The quantitative estimate of drug-likeness (QED) is 0.229. The summed E-state index contributed by atoms with van der Waals surface area (Å²) in [5, 5.41) is 37.5. The van der Waals surface area contributed by atoms with Gasteiger partial charge in [-0.15, -0.1) is 0 Å². The second-order valence-electron chi connectivity index (χ2n) is 8.07. The van der Waals surface area contributed by atoms with Gasteiger partial charge in [0.1, 0.15) is 22.8 Å². The first-order chi connectivity index (χ1) is 15.9. The number of hydrogen-bond acceptors (Lipinski definition) is 10. The third kappa shape index (κ3) is 4.90. The fraction of sp³-hybridized carbons (Fsp3) is 0.500. The van der Waals surface area contributed by atoms with Crippen LogP contribution in [0.3, 0.4) is 0 Å². The van der Waals surface area contributed by atoms with Gasteiger partial charge in [-0.05, 0) is 25.0 Å². The van der Waals surface area contributed by atoms with E-state index < -0.39 is 24.2 Å². The van der Waals surface area contributed by atoms with Crippen LogP contribution in [-0.4, -0.2) is 75.4 Å². The van der Waals surface area contributed by atoms with Crippen LogP contribution in [0.4, 0.5) is 11.8 Å². The van der Waals surface area contributed by atoms with Gasteiger partial charge in [0, 0.05) is 37.3 Å². The number of aliphatic hydroxyl groups is 3. The highest BCUT2D eigenvalue weighted by Gasteiger charge is 2.41. The number of nitrogens with one attached hydrogen (secondary N) is 2. The van der Waals surface area contributed by atoms with Crippen molar-refractivity contribution in [3.63, 3.8) is 0 Å². The molecule has 1 aliphatic carbocycles. The van der Waals surface area contributed by atoms with E-state index in [4.69, 9.17) is 20.8 Å². The number of aromatic nitrogens is 3. The number of aliphatic hydroxyl groups excluding tert-OH is 3. The van der Waals surface area contributed by atoms with Crippen LogP contribution in [0.25, 0.3) is 22.3 Å². The van der Waals surface area contributed by atoms with Crippen LogP contribution in [0.5, 0.6) is 0 Å². The molecule has 0 bridgehead atoms. The number of hydrogen-bond donors (Lipinski definition) is 5. The lowest BCUT2D eigenvalue weighted by Gasteiger charge is -2.21. The number of methoxy groups -OCH3 is 1. The van der Waals surface area contributed by atoms with E-state index in [9.17, 15) is 15.3 Å². The molecular formula is C22H28ClN5O5. The van der Waals surface area contributed by atoms with Crippen LogP contribution in [0.2, 0.25) is 5.15 Å². The molecule has 3 heterocycles. The predicted octanol–water partition coefficient (Wildman–Crippen LogP) is 2.07. The molecule has 3 aromatic rings. The molecule has 178 valence electrons.